The van der Waals surface area contributed by atoms with E-state index in [9.17, 15) is 9.59 Å². The molecule has 30 heavy (non-hydrogen) atoms. The number of esters is 1. The van der Waals surface area contributed by atoms with Gasteiger partial charge in [0.05, 0.1) is 29.5 Å². The Morgan fingerprint density at radius 1 is 1.23 bits per heavy atom. The molecule has 0 bridgehead atoms. The molecule has 1 aromatic rings. The third-order valence-corrected chi connectivity index (χ3v) is 5.65. The van der Waals surface area contributed by atoms with Crippen molar-refractivity contribution in [3.8, 4) is 0 Å². The number of aryl methyl sites for hydroxylation is 1. The van der Waals surface area contributed by atoms with Crippen LogP contribution in [0.4, 0.5) is 0 Å². The Hall–Kier alpha value is -1.89. The molecule has 0 aromatic carbocycles. The normalized spacial score (nSPS) is 16.0. The fourth-order valence-corrected chi connectivity index (χ4v) is 3.81. The minimum absolute atomic E-state index is 0.0439. The van der Waals surface area contributed by atoms with Crippen molar-refractivity contribution in [1.82, 2.24) is 15.1 Å². The van der Waals surface area contributed by atoms with Crippen molar-refractivity contribution in [3.05, 3.63) is 17.0 Å². The van der Waals surface area contributed by atoms with Gasteiger partial charge < -0.3 is 14.8 Å². The molecule has 7 heteroatoms. The summed E-state index contributed by atoms with van der Waals surface area (Å²) in [5.41, 5.74) is 2.19. The molecule has 0 saturated carbocycles. The summed E-state index contributed by atoms with van der Waals surface area (Å²) >= 11 is 0. The summed E-state index contributed by atoms with van der Waals surface area (Å²) in [6.45, 7) is 13.0. The van der Waals surface area contributed by atoms with Gasteiger partial charge in [-0.15, -0.1) is 0 Å². The van der Waals surface area contributed by atoms with Gasteiger partial charge in [0.15, 0.2) is 0 Å². The van der Waals surface area contributed by atoms with Gasteiger partial charge in [-0.1, -0.05) is 34.6 Å². The Morgan fingerprint density at radius 3 is 2.60 bits per heavy atom. The number of hydrogen-bond donors (Lipinski definition) is 1. The molecular formula is C23H39N3O4. The van der Waals surface area contributed by atoms with Crippen molar-refractivity contribution < 1.29 is 19.1 Å². The van der Waals surface area contributed by atoms with Crippen molar-refractivity contribution in [3.63, 3.8) is 0 Å². The third kappa shape index (κ3) is 6.56. The van der Waals surface area contributed by atoms with Crippen molar-refractivity contribution in [1.29, 1.82) is 0 Å². The monoisotopic (exact) mass is 421 g/mol. The van der Waals surface area contributed by atoms with Gasteiger partial charge in [-0.05, 0) is 38.5 Å². The molecule has 2 heterocycles. The van der Waals surface area contributed by atoms with E-state index in [1.54, 1.807) is 0 Å². The fourth-order valence-electron chi connectivity index (χ4n) is 3.81. The molecule has 170 valence electrons. The highest BCUT2D eigenvalue weighted by Crippen LogP contribution is 2.25. The second-order valence-electron chi connectivity index (χ2n) is 8.89. The molecule has 2 rings (SSSR count). The third-order valence-electron chi connectivity index (χ3n) is 5.65. The van der Waals surface area contributed by atoms with Crippen LogP contribution in [0, 0.1) is 11.3 Å². The summed E-state index contributed by atoms with van der Waals surface area (Å²) in [6.07, 6.45) is 4.67. The number of ether oxygens (including phenoxy) is 2. The van der Waals surface area contributed by atoms with Crippen molar-refractivity contribution in [2.24, 2.45) is 11.3 Å². The van der Waals surface area contributed by atoms with Crippen LogP contribution in [0.3, 0.4) is 0 Å². The number of aromatic nitrogens is 2. The first-order valence-corrected chi connectivity index (χ1v) is 11.4. The van der Waals surface area contributed by atoms with Crippen molar-refractivity contribution in [2.75, 3.05) is 26.4 Å². The molecule has 0 saturated heterocycles. The zero-order valence-electron chi connectivity index (χ0n) is 19.4. The van der Waals surface area contributed by atoms with Crippen molar-refractivity contribution >= 4 is 11.9 Å². The number of carbonyl (C=O) groups is 2. The van der Waals surface area contributed by atoms with Crippen LogP contribution in [0.5, 0.6) is 0 Å². The zero-order valence-corrected chi connectivity index (χ0v) is 19.4. The lowest BCUT2D eigenvalue weighted by Crippen LogP contribution is -2.30. The quantitative estimate of drug-likeness (QED) is 0.649. The standard InChI is InChI=1S/C23H39N3O4/c1-6-17(7-2)22(28)30-16-23(4,5)15-26-19-11-9-13-29-14-10-12-24-21(27)20(19)18(8-3)25-26/h17H,6-16H2,1-5H3,(H,24,27). The smallest absolute Gasteiger partial charge is 0.308 e. The number of nitrogens with one attached hydrogen (secondary N) is 1. The number of hydrogen-bond acceptors (Lipinski definition) is 5. The molecule has 0 fully saturated rings. The predicted molar refractivity (Wildman–Crippen MR) is 117 cm³/mol. The number of nitrogens with zero attached hydrogens (tertiary/aromatic N) is 2. The molecule has 1 amide bonds. The van der Waals surface area contributed by atoms with Gasteiger partial charge in [0.1, 0.15) is 0 Å². The topological polar surface area (TPSA) is 82.5 Å². The number of fused-ring (bicyclic) bond motifs is 1. The van der Waals surface area contributed by atoms with Crippen LogP contribution < -0.4 is 5.32 Å². The van der Waals surface area contributed by atoms with Crippen LogP contribution in [0.25, 0.3) is 0 Å². The van der Waals surface area contributed by atoms with Gasteiger partial charge in [-0.2, -0.15) is 5.10 Å². The van der Waals surface area contributed by atoms with Gasteiger partial charge in [-0.3, -0.25) is 14.3 Å². The predicted octanol–water partition coefficient (Wildman–Crippen LogP) is 3.53. The number of carbonyl (C=O) groups excluding carboxylic acids is 2. The Kier molecular flexibility index (Phi) is 9.34. The summed E-state index contributed by atoms with van der Waals surface area (Å²) in [4.78, 5) is 25.2. The average Bonchev–Trinajstić information content (AvgIpc) is 3.03. The summed E-state index contributed by atoms with van der Waals surface area (Å²) in [5, 5.41) is 7.79. The van der Waals surface area contributed by atoms with E-state index in [1.807, 2.05) is 25.5 Å². The van der Waals surface area contributed by atoms with Gasteiger partial charge >= 0.3 is 5.97 Å². The largest absolute Gasteiger partial charge is 0.465 e. The SMILES string of the molecule is CCc1nn(CC(C)(C)COC(=O)C(CC)CC)c2c1C(=O)NCCCOCCC2. The molecule has 1 aliphatic heterocycles. The molecule has 7 nitrogen and oxygen atoms in total. The Bertz CT molecular complexity index is 708. The minimum atomic E-state index is -0.300. The van der Waals surface area contributed by atoms with Crippen LogP contribution in [-0.2, 0) is 33.7 Å². The first-order valence-electron chi connectivity index (χ1n) is 11.4. The molecule has 0 spiro atoms. The van der Waals surface area contributed by atoms with Crippen LogP contribution in [0.1, 0.15) is 82.0 Å². The summed E-state index contributed by atoms with van der Waals surface area (Å²) in [5.74, 6) is -0.218. The highest BCUT2D eigenvalue weighted by Gasteiger charge is 2.28. The Morgan fingerprint density at radius 2 is 1.93 bits per heavy atom. The molecular weight excluding hydrogens is 382 g/mol. The van der Waals surface area contributed by atoms with Crippen LogP contribution >= 0.6 is 0 Å². The maximum Gasteiger partial charge on any atom is 0.308 e. The lowest BCUT2D eigenvalue weighted by atomic mass is 9.94. The second kappa shape index (κ2) is 11.5. The van der Waals surface area contributed by atoms with E-state index >= 15 is 0 Å². The molecule has 0 unspecified atom stereocenters. The molecule has 1 aliphatic rings. The maximum absolute atomic E-state index is 12.9. The van der Waals surface area contributed by atoms with Gasteiger partial charge in [0.25, 0.3) is 5.91 Å². The van der Waals surface area contributed by atoms with E-state index in [1.165, 1.54) is 0 Å². The minimum Gasteiger partial charge on any atom is -0.465 e. The highest BCUT2D eigenvalue weighted by molar-refractivity contribution is 5.96. The maximum atomic E-state index is 12.9. The van der Waals surface area contributed by atoms with Gasteiger partial charge in [-0.25, -0.2) is 0 Å². The lowest BCUT2D eigenvalue weighted by Gasteiger charge is -2.26. The molecule has 1 N–H and O–H groups in total. The average molecular weight is 422 g/mol. The van der Waals surface area contributed by atoms with E-state index < -0.39 is 0 Å². The fraction of sp³-hybridized carbons (Fsp3) is 0.783. The Balaban J connectivity index is 2.21. The molecule has 1 aromatic heterocycles. The van der Waals surface area contributed by atoms with E-state index in [4.69, 9.17) is 14.6 Å². The summed E-state index contributed by atoms with van der Waals surface area (Å²) < 4.78 is 13.3. The second-order valence-corrected chi connectivity index (χ2v) is 8.89. The highest BCUT2D eigenvalue weighted by atomic mass is 16.5. The van der Waals surface area contributed by atoms with E-state index in [2.05, 4.69) is 19.2 Å². The first kappa shape index (κ1) is 24.4. The van der Waals surface area contributed by atoms with E-state index in [0.29, 0.717) is 44.9 Å². The van der Waals surface area contributed by atoms with Crippen LogP contribution in [0.15, 0.2) is 0 Å². The van der Waals surface area contributed by atoms with Gasteiger partial charge in [0.2, 0.25) is 0 Å². The van der Waals surface area contributed by atoms with E-state index in [0.717, 1.165) is 43.5 Å². The first-order chi connectivity index (χ1) is 14.3. The summed E-state index contributed by atoms with van der Waals surface area (Å²) in [7, 11) is 0. The molecule has 0 aliphatic carbocycles. The van der Waals surface area contributed by atoms with Crippen molar-refractivity contribution in [2.45, 2.75) is 79.7 Å². The Labute approximate surface area is 180 Å². The van der Waals surface area contributed by atoms with Crippen LogP contribution in [-0.4, -0.2) is 48.0 Å². The van der Waals surface area contributed by atoms with Gasteiger partial charge in [0, 0.05) is 31.7 Å². The zero-order chi connectivity index (χ0) is 22.1. The van der Waals surface area contributed by atoms with E-state index in [-0.39, 0.29) is 23.2 Å². The van der Waals surface area contributed by atoms with Crippen LogP contribution in [0.2, 0.25) is 0 Å². The number of rotatable bonds is 8. The molecule has 0 radical (unpaired) electrons. The molecule has 0 atom stereocenters. The number of amides is 1. The summed E-state index contributed by atoms with van der Waals surface area (Å²) in [6, 6.07) is 0. The lowest BCUT2D eigenvalue weighted by molar-refractivity contribution is -0.152.